The molecule has 2 aliphatic rings. The minimum absolute atomic E-state index is 0.0136. The van der Waals surface area contributed by atoms with Gasteiger partial charge >= 0.3 is 11.9 Å². The van der Waals surface area contributed by atoms with Crippen LogP contribution < -0.4 is 0 Å². The van der Waals surface area contributed by atoms with Crippen LogP contribution in [0.5, 0.6) is 0 Å². The van der Waals surface area contributed by atoms with Crippen LogP contribution in [0.2, 0.25) is 0 Å². The van der Waals surface area contributed by atoms with Gasteiger partial charge in [-0.2, -0.15) is 0 Å². The smallest absolute Gasteiger partial charge is 0.338 e. The molecule has 4 atom stereocenters. The minimum Gasteiger partial charge on any atom is -0.461 e. The summed E-state index contributed by atoms with van der Waals surface area (Å²) in [5.74, 6) is -0.802. The van der Waals surface area contributed by atoms with E-state index < -0.39 is 29.6 Å². The second kappa shape index (κ2) is 6.57. The lowest BCUT2D eigenvalue weighted by molar-refractivity contribution is -0.00927. The zero-order valence-corrected chi connectivity index (χ0v) is 14.2. The predicted octanol–water partition coefficient (Wildman–Crippen LogP) is 2.84. The van der Waals surface area contributed by atoms with Crippen molar-refractivity contribution in [2.45, 2.75) is 25.0 Å². The Morgan fingerprint density at radius 1 is 0.962 bits per heavy atom. The molecule has 0 bridgehead atoms. The highest BCUT2D eigenvalue weighted by atomic mass is 16.6. The lowest BCUT2D eigenvalue weighted by Crippen LogP contribution is -2.31. The molecule has 2 aromatic carbocycles. The number of fused-ring (bicyclic) bond motifs is 1. The maximum atomic E-state index is 12.4. The van der Waals surface area contributed by atoms with E-state index in [2.05, 4.69) is 0 Å². The van der Waals surface area contributed by atoms with E-state index in [-0.39, 0.29) is 12.5 Å². The molecule has 0 radical (unpaired) electrons. The van der Waals surface area contributed by atoms with Crippen molar-refractivity contribution in [3.05, 3.63) is 71.8 Å². The highest BCUT2D eigenvalue weighted by Crippen LogP contribution is 2.64. The fraction of sp³-hybridized carbons (Fsp3) is 0.333. The summed E-state index contributed by atoms with van der Waals surface area (Å²) in [5.41, 5.74) is 0.494. The molecule has 0 unspecified atom stereocenters. The molecule has 0 heterocycles. The number of benzene rings is 2. The first kappa shape index (κ1) is 16.8. The normalized spacial score (nSPS) is 28.9. The molecule has 2 fully saturated rings. The van der Waals surface area contributed by atoms with E-state index >= 15 is 0 Å². The van der Waals surface area contributed by atoms with Gasteiger partial charge in [-0.15, -0.1) is 0 Å². The highest BCUT2D eigenvalue weighted by molar-refractivity contribution is 5.90. The SMILES string of the molecule is O=C(OC[C@@]12C[C@@H]1[C@H](O)C[C@@H]2OC(=O)c1ccccc1)c1ccccc1. The standard InChI is InChI=1S/C21H20O5/c22-17-11-18(26-20(24)15-9-5-2-6-10-15)21(12-16(17)21)13-25-19(23)14-7-3-1-4-8-14/h1-10,16-18,22H,11-13H2/t16-,17-,18+,21+/m1/s1. The van der Waals surface area contributed by atoms with Gasteiger partial charge < -0.3 is 14.6 Å². The fourth-order valence-electron chi connectivity index (χ4n) is 3.91. The molecular weight excluding hydrogens is 332 g/mol. The van der Waals surface area contributed by atoms with Gasteiger partial charge in [0.2, 0.25) is 0 Å². The first-order valence-electron chi connectivity index (χ1n) is 8.76. The number of hydrogen-bond donors (Lipinski definition) is 1. The topological polar surface area (TPSA) is 72.8 Å². The Kier molecular flexibility index (Phi) is 4.24. The third-order valence-electron chi connectivity index (χ3n) is 5.48. The molecule has 0 amide bonds. The highest BCUT2D eigenvalue weighted by Gasteiger charge is 2.69. The molecule has 2 saturated carbocycles. The molecule has 2 aromatic rings. The van der Waals surface area contributed by atoms with Gasteiger partial charge in [0.1, 0.15) is 12.7 Å². The third kappa shape index (κ3) is 2.99. The summed E-state index contributed by atoms with van der Waals surface area (Å²) < 4.78 is 11.2. The van der Waals surface area contributed by atoms with E-state index in [1.807, 2.05) is 12.1 Å². The van der Waals surface area contributed by atoms with Crippen molar-refractivity contribution >= 4 is 11.9 Å². The summed E-state index contributed by atoms with van der Waals surface area (Å²) in [5, 5.41) is 10.2. The Bertz CT molecular complexity index is 804. The molecular formula is C21H20O5. The number of aliphatic hydroxyl groups excluding tert-OH is 1. The van der Waals surface area contributed by atoms with E-state index in [1.165, 1.54) is 0 Å². The van der Waals surface area contributed by atoms with Crippen LogP contribution in [-0.2, 0) is 9.47 Å². The van der Waals surface area contributed by atoms with Crippen LogP contribution in [-0.4, -0.2) is 35.9 Å². The zero-order valence-electron chi connectivity index (χ0n) is 14.2. The molecule has 1 N–H and O–H groups in total. The molecule has 0 aromatic heterocycles. The number of rotatable bonds is 5. The van der Waals surface area contributed by atoms with Gasteiger partial charge in [-0.05, 0) is 36.6 Å². The van der Waals surface area contributed by atoms with Gasteiger partial charge in [-0.3, -0.25) is 0 Å². The minimum atomic E-state index is -0.529. The summed E-state index contributed by atoms with van der Waals surface area (Å²) in [6.45, 7) is 0.148. The van der Waals surface area contributed by atoms with Crippen LogP contribution in [0.4, 0.5) is 0 Å². The average Bonchev–Trinajstić information content (AvgIpc) is 3.37. The number of hydrogen-bond acceptors (Lipinski definition) is 5. The van der Waals surface area contributed by atoms with Crippen LogP contribution in [0.1, 0.15) is 33.6 Å². The second-order valence-corrected chi connectivity index (χ2v) is 7.05. The fourth-order valence-corrected chi connectivity index (χ4v) is 3.91. The van der Waals surface area contributed by atoms with Gasteiger partial charge in [-0.1, -0.05) is 36.4 Å². The molecule has 4 rings (SSSR count). The molecule has 0 spiro atoms. The van der Waals surface area contributed by atoms with Crippen molar-refractivity contribution in [1.82, 2.24) is 0 Å². The van der Waals surface area contributed by atoms with Crippen LogP contribution >= 0.6 is 0 Å². The van der Waals surface area contributed by atoms with Crippen LogP contribution in [0.3, 0.4) is 0 Å². The Morgan fingerprint density at radius 3 is 2.12 bits per heavy atom. The van der Waals surface area contributed by atoms with Gasteiger partial charge in [-0.25, -0.2) is 9.59 Å². The van der Waals surface area contributed by atoms with Gasteiger partial charge in [0.05, 0.1) is 17.2 Å². The third-order valence-corrected chi connectivity index (χ3v) is 5.48. The molecule has 134 valence electrons. The zero-order chi connectivity index (χ0) is 18.1. The number of carbonyl (C=O) groups is 2. The van der Waals surface area contributed by atoms with Crippen molar-refractivity contribution in [3.63, 3.8) is 0 Å². The second-order valence-electron chi connectivity index (χ2n) is 7.05. The molecule has 5 nitrogen and oxygen atoms in total. The van der Waals surface area contributed by atoms with Gasteiger partial charge in [0.15, 0.2) is 0 Å². The predicted molar refractivity (Wildman–Crippen MR) is 93.5 cm³/mol. The summed E-state index contributed by atoms with van der Waals surface area (Å²) in [6, 6.07) is 17.5. The summed E-state index contributed by atoms with van der Waals surface area (Å²) >= 11 is 0. The van der Waals surface area contributed by atoms with Crippen molar-refractivity contribution in [1.29, 1.82) is 0 Å². The van der Waals surface area contributed by atoms with Crippen molar-refractivity contribution in [2.24, 2.45) is 11.3 Å². The maximum absolute atomic E-state index is 12.4. The molecule has 0 aliphatic heterocycles. The summed E-state index contributed by atoms with van der Waals surface area (Å²) in [7, 11) is 0. The van der Waals surface area contributed by atoms with Crippen LogP contribution in [0.25, 0.3) is 0 Å². The molecule has 0 saturated heterocycles. The van der Waals surface area contributed by atoms with E-state index in [1.54, 1.807) is 48.5 Å². The lowest BCUT2D eigenvalue weighted by atomic mass is 10.0. The number of aliphatic hydroxyl groups is 1. The van der Waals surface area contributed by atoms with E-state index in [9.17, 15) is 14.7 Å². The first-order valence-corrected chi connectivity index (χ1v) is 8.76. The molecule has 2 aliphatic carbocycles. The molecule has 26 heavy (non-hydrogen) atoms. The van der Waals surface area contributed by atoms with E-state index in [0.717, 1.165) is 0 Å². The quantitative estimate of drug-likeness (QED) is 0.838. The Morgan fingerprint density at radius 2 is 1.54 bits per heavy atom. The van der Waals surface area contributed by atoms with Crippen LogP contribution in [0, 0.1) is 11.3 Å². The van der Waals surface area contributed by atoms with E-state index in [0.29, 0.717) is 24.0 Å². The van der Waals surface area contributed by atoms with Crippen molar-refractivity contribution < 1.29 is 24.2 Å². The Labute approximate surface area is 151 Å². The van der Waals surface area contributed by atoms with Gasteiger partial charge in [0.25, 0.3) is 0 Å². The monoisotopic (exact) mass is 352 g/mol. The number of carbonyl (C=O) groups excluding carboxylic acids is 2. The van der Waals surface area contributed by atoms with Crippen molar-refractivity contribution in [2.75, 3.05) is 6.61 Å². The Balaban J connectivity index is 1.43. The van der Waals surface area contributed by atoms with E-state index in [4.69, 9.17) is 9.47 Å². The van der Waals surface area contributed by atoms with Crippen molar-refractivity contribution in [3.8, 4) is 0 Å². The summed E-state index contributed by atoms with van der Waals surface area (Å²) in [4.78, 5) is 24.6. The Hall–Kier alpha value is -2.66. The lowest BCUT2D eigenvalue weighted by Gasteiger charge is -2.23. The average molecular weight is 352 g/mol. The number of ether oxygens (including phenoxy) is 2. The molecule has 5 heteroatoms. The summed E-state index contributed by atoms with van der Waals surface area (Å²) in [6.07, 6.45) is 0.104. The number of esters is 2. The maximum Gasteiger partial charge on any atom is 0.338 e. The largest absolute Gasteiger partial charge is 0.461 e. The first-order chi connectivity index (χ1) is 12.6. The van der Waals surface area contributed by atoms with Crippen LogP contribution in [0.15, 0.2) is 60.7 Å². The van der Waals surface area contributed by atoms with Gasteiger partial charge in [0, 0.05) is 11.8 Å².